The maximum atomic E-state index is 11.4. The fourth-order valence-corrected chi connectivity index (χ4v) is 1.82. The Bertz CT molecular complexity index is 456. The number of esters is 1. The summed E-state index contributed by atoms with van der Waals surface area (Å²) in [5.41, 5.74) is 7.88. The van der Waals surface area contributed by atoms with E-state index in [2.05, 4.69) is 17.0 Å². The van der Waals surface area contributed by atoms with E-state index in [1.54, 1.807) is 18.2 Å². The number of benzene rings is 1. The summed E-state index contributed by atoms with van der Waals surface area (Å²) in [4.78, 5) is 11.4. The molecule has 0 aromatic heterocycles. The molecule has 1 saturated heterocycles. The Labute approximate surface area is 106 Å². The fourth-order valence-electron chi connectivity index (χ4n) is 1.82. The molecule has 1 aliphatic rings. The van der Waals surface area contributed by atoms with E-state index >= 15 is 0 Å². The van der Waals surface area contributed by atoms with E-state index in [0.29, 0.717) is 11.3 Å². The van der Waals surface area contributed by atoms with Crippen molar-refractivity contribution in [3.63, 3.8) is 0 Å². The molecule has 2 rings (SSSR count). The molecule has 0 aliphatic carbocycles. The standard InChI is InChI=1S/C13H18N2O3/c1-13(7-18-8-13)6-15-11-5-9(12(16)17-2)3-4-10(11)14/h3-5,15H,6-8,14H2,1-2H3. The monoisotopic (exact) mass is 250 g/mol. The Balaban J connectivity index is 2.08. The number of hydrogen-bond acceptors (Lipinski definition) is 5. The molecule has 18 heavy (non-hydrogen) atoms. The van der Waals surface area contributed by atoms with Gasteiger partial charge < -0.3 is 20.5 Å². The topological polar surface area (TPSA) is 73.6 Å². The van der Waals surface area contributed by atoms with Crippen molar-refractivity contribution < 1.29 is 14.3 Å². The Morgan fingerprint density at radius 3 is 2.83 bits per heavy atom. The summed E-state index contributed by atoms with van der Waals surface area (Å²) in [6.07, 6.45) is 0. The van der Waals surface area contributed by atoms with Crippen LogP contribution >= 0.6 is 0 Å². The van der Waals surface area contributed by atoms with E-state index in [1.807, 2.05) is 0 Å². The minimum absolute atomic E-state index is 0.147. The SMILES string of the molecule is COC(=O)c1ccc(N)c(NCC2(C)COC2)c1. The molecule has 0 bridgehead atoms. The number of methoxy groups -OCH3 is 1. The first kappa shape index (κ1) is 12.7. The minimum Gasteiger partial charge on any atom is -0.465 e. The summed E-state index contributed by atoms with van der Waals surface area (Å²) in [6.45, 7) is 4.40. The molecular formula is C13H18N2O3. The van der Waals surface area contributed by atoms with Crippen molar-refractivity contribution in [2.24, 2.45) is 5.41 Å². The largest absolute Gasteiger partial charge is 0.465 e. The molecule has 0 saturated carbocycles. The molecule has 1 aromatic rings. The Hall–Kier alpha value is -1.75. The zero-order valence-electron chi connectivity index (χ0n) is 10.7. The highest BCUT2D eigenvalue weighted by molar-refractivity contribution is 5.91. The zero-order valence-corrected chi connectivity index (χ0v) is 10.7. The van der Waals surface area contributed by atoms with Gasteiger partial charge in [0.1, 0.15) is 0 Å². The second-order valence-corrected chi connectivity index (χ2v) is 4.95. The van der Waals surface area contributed by atoms with Crippen LogP contribution in [-0.4, -0.2) is 32.8 Å². The van der Waals surface area contributed by atoms with Crippen LogP contribution in [0, 0.1) is 5.41 Å². The second-order valence-electron chi connectivity index (χ2n) is 4.95. The van der Waals surface area contributed by atoms with Gasteiger partial charge in [-0.05, 0) is 18.2 Å². The van der Waals surface area contributed by atoms with Crippen LogP contribution in [0.15, 0.2) is 18.2 Å². The van der Waals surface area contributed by atoms with E-state index < -0.39 is 0 Å². The van der Waals surface area contributed by atoms with Gasteiger partial charge in [0.15, 0.2) is 0 Å². The lowest BCUT2D eigenvalue weighted by atomic mass is 9.88. The van der Waals surface area contributed by atoms with Crippen LogP contribution in [0.25, 0.3) is 0 Å². The number of ether oxygens (including phenoxy) is 2. The van der Waals surface area contributed by atoms with E-state index in [4.69, 9.17) is 10.5 Å². The smallest absolute Gasteiger partial charge is 0.337 e. The van der Waals surface area contributed by atoms with Crippen LogP contribution in [0.5, 0.6) is 0 Å². The highest BCUT2D eigenvalue weighted by atomic mass is 16.5. The van der Waals surface area contributed by atoms with Crippen LogP contribution in [0.2, 0.25) is 0 Å². The average Bonchev–Trinajstić information content (AvgIpc) is 2.34. The Morgan fingerprint density at radius 2 is 2.28 bits per heavy atom. The second kappa shape index (κ2) is 4.86. The normalized spacial score (nSPS) is 16.8. The van der Waals surface area contributed by atoms with Crippen molar-refractivity contribution in [1.82, 2.24) is 0 Å². The summed E-state index contributed by atoms with van der Waals surface area (Å²) in [5, 5.41) is 3.26. The summed E-state index contributed by atoms with van der Waals surface area (Å²) < 4.78 is 9.87. The van der Waals surface area contributed by atoms with Crippen molar-refractivity contribution in [1.29, 1.82) is 0 Å². The lowest BCUT2D eigenvalue weighted by Crippen LogP contribution is -2.45. The van der Waals surface area contributed by atoms with E-state index in [9.17, 15) is 4.79 Å². The summed E-state index contributed by atoms with van der Waals surface area (Å²) in [6, 6.07) is 5.07. The molecule has 0 radical (unpaired) electrons. The molecule has 5 heteroatoms. The number of carbonyl (C=O) groups excluding carboxylic acids is 1. The van der Waals surface area contributed by atoms with E-state index in [-0.39, 0.29) is 11.4 Å². The third-order valence-corrected chi connectivity index (χ3v) is 3.08. The number of nitrogens with two attached hydrogens (primary N) is 1. The molecule has 3 N–H and O–H groups in total. The molecule has 0 amide bonds. The van der Waals surface area contributed by atoms with E-state index in [0.717, 1.165) is 25.4 Å². The molecule has 98 valence electrons. The van der Waals surface area contributed by atoms with Crippen LogP contribution in [0.1, 0.15) is 17.3 Å². The molecule has 1 aliphatic heterocycles. The van der Waals surface area contributed by atoms with Crippen molar-refractivity contribution in [2.75, 3.05) is 37.9 Å². The zero-order chi connectivity index (χ0) is 13.2. The lowest BCUT2D eigenvalue weighted by molar-refractivity contribution is -0.0924. The van der Waals surface area contributed by atoms with Crippen molar-refractivity contribution >= 4 is 17.3 Å². The minimum atomic E-state index is -0.365. The van der Waals surface area contributed by atoms with Gasteiger partial charge in [0.25, 0.3) is 0 Å². The summed E-state index contributed by atoms with van der Waals surface area (Å²) in [5.74, 6) is -0.365. The highest BCUT2D eigenvalue weighted by Gasteiger charge is 2.33. The molecule has 0 atom stereocenters. The number of nitrogen functional groups attached to an aromatic ring is 1. The van der Waals surface area contributed by atoms with Gasteiger partial charge in [0.2, 0.25) is 0 Å². The summed E-state index contributed by atoms with van der Waals surface area (Å²) >= 11 is 0. The molecule has 1 heterocycles. The number of anilines is 2. The molecule has 5 nitrogen and oxygen atoms in total. The van der Waals surface area contributed by atoms with Gasteiger partial charge in [0, 0.05) is 12.0 Å². The molecule has 1 aromatic carbocycles. The van der Waals surface area contributed by atoms with Gasteiger partial charge in [-0.15, -0.1) is 0 Å². The van der Waals surface area contributed by atoms with Gasteiger partial charge in [-0.1, -0.05) is 6.92 Å². The van der Waals surface area contributed by atoms with Gasteiger partial charge in [-0.25, -0.2) is 4.79 Å². The van der Waals surface area contributed by atoms with Gasteiger partial charge in [-0.3, -0.25) is 0 Å². The highest BCUT2D eigenvalue weighted by Crippen LogP contribution is 2.28. The Morgan fingerprint density at radius 1 is 1.56 bits per heavy atom. The average molecular weight is 250 g/mol. The van der Waals surface area contributed by atoms with Crippen molar-refractivity contribution in [3.05, 3.63) is 23.8 Å². The number of nitrogens with one attached hydrogen (secondary N) is 1. The van der Waals surface area contributed by atoms with Gasteiger partial charge in [-0.2, -0.15) is 0 Å². The predicted molar refractivity (Wildman–Crippen MR) is 69.6 cm³/mol. The first-order valence-corrected chi connectivity index (χ1v) is 5.83. The molecule has 0 unspecified atom stereocenters. The van der Waals surface area contributed by atoms with Gasteiger partial charge in [0.05, 0.1) is 37.3 Å². The number of carbonyl (C=O) groups is 1. The molecular weight excluding hydrogens is 232 g/mol. The number of hydrogen-bond donors (Lipinski definition) is 2. The first-order valence-electron chi connectivity index (χ1n) is 5.83. The third-order valence-electron chi connectivity index (χ3n) is 3.08. The van der Waals surface area contributed by atoms with E-state index in [1.165, 1.54) is 7.11 Å². The van der Waals surface area contributed by atoms with Crippen LogP contribution in [0.3, 0.4) is 0 Å². The summed E-state index contributed by atoms with van der Waals surface area (Å²) in [7, 11) is 1.36. The van der Waals surface area contributed by atoms with Crippen LogP contribution in [-0.2, 0) is 9.47 Å². The lowest BCUT2D eigenvalue weighted by Gasteiger charge is -2.38. The maximum absolute atomic E-state index is 11.4. The fraction of sp³-hybridized carbons (Fsp3) is 0.462. The Kier molecular flexibility index (Phi) is 3.43. The maximum Gasteiger partial charge on any atom is 0.337 e. The van der Waals surface area contributed by atoms with Crippen molar-refractivity contribution in [3.8, 4) is 0 Å². The first-order chi connectivity index (χ1) is 8.54. The van der Waals surface area contributed by atoms with Crippen molar-refractivity contribution in [2.45, 2.75) is 6.92 Å². The van der Waals surface area contributed by atoms with Crippen LogP contribution in [0.4, 0.5) is 11.4 Å². The molecule has 0 spiro atoms. The van der Waals surface area contributed by atoms with Gasteiger partial charge >= 0.3 is 5.97 Å². The predicted octanol–water partition coefficient (Wildman–Crippen LogP) is 1.50. The third kappa shape index (κ3) is 2.56. The quantitative estimate of drug-likeness (QED) is 0.626. The number of rotatable bonds is 4. The molecule has 1 fully saturated rings. The van der Waals surface area contributed by atoms with Crippen LogP contribution < -0.4 is 11.1 Å².